The molecule has 0 aromatic carbocycles. The topological polar surface area (TPSA) is 55.5 Å². The van der Waals surface area contributed by atoms with Crippen LogP contribution in [0, 0.1) is 5.92 Å². The standard InChI is InChI=1S/C7H12N2OS/c1-5(2)3-6(8)7(10)9-4-11/h5-6H,3,8H2,1-2H3/t6-/m0/s1. The third-order valence-electron chi connectivity index (χ3n) is 1.20. The fourth-order valence-electron chi connectivity index (χ4n) is 0.737. The van der Waals surface area contributed by atoms with Crippen LogP contribution in [0.25, 0.3) is 0 Å². The molecule has 0 aliphatic rings. The van der Waals surface area contributed by atoms with Crippen LogP contribution in [0.2, 0.25) is 0 Å². The molecule has 1 amide bonds. The molecule has 0 aliphatic heterocycles. The summed E-state index contributed by atoms with van der Waals surface area (Å²) in [5.41, 5.74) is 5.47. The number of hydrogen-bond donors (Lipinski definition) is 1. The molecule has 0 bridgehead atoms. The van der Waals surface area contributed by atoms with E-state index in [0.717, 1.165) is 0 Å². The maximum Gasteiger partial charge on any atom is 0.271 e. The summed E-state index contributed by atoms with van der Waals surface area (Å²) in [4.78, 5) is 14.1. The quantitative estimate of drug-likeness (QED) is 0.510. The number of aliphatic imine (C=N–C) groups is 1. The molecule has 3 nitrogen and oxygen atoms in total. The highest BCUT2D eigenvalue weighted by molar-refractivity contribution is 7.78. The molecule has 0 rings (SSSR count). The van der Waals surface area contributed by atoms with Gasteiger partial charge in [-0.25, -0.2) is 0 Å². The van der Waals surface area contributed by atoms with E-state index in [-0.39, 0.29) is 5.91 Å². The lowest BCUT2D eigenvalue weighted by atomic mass is 10.0. The third kappa shape index (κ3) is 4.79. The maximum absolute atomic E-state index is 10.9. The van der Waals surface area contributed by atoms with Gasteiger partial charge in [-0.15, -0.1) is 0 Å². The molecule has 0 radical (unpaired) electrons. The normalized spacial score (nSPS) is 12.4. The predicted octanol–water partition coefficient (Wildman–Crippen LogP) is 0.989. The van der Waals surface area contributed by atoms with Gasteiger partial charge in [-0.3, -0.25) is 4.79 Å². The molecule has 0 saturated heterocycles. The van der Waals surface area contributed by atoms with Gasteiger partial charge in [0.05, 0.1) is 11.2 Å². The lowest BCUT2D eigenvalue weighted by Gasteiger charge is -2.08. The molecule has 4 heteroatoms. The van der Waals surface area contributed by atoms with Crippen molar-refractivity contribution in [2.75, 3.05) is 0 Å². The van der Waals surface area contributed by atoms with Crippen LogP contribution in [0.3, 0.4) is 0 Å². The Bertz CT molecular complexity index is 185. The first-order chi connectivity index (χ1) is 5.07. The molecule has 0 aromatic rings. The number of isothiocyanates is 1. The van der Waals surface area contributed by atoms with Crippen LogP contribution < -0.4 is 5.73 Å². The van der Waals surface area contributed by atoms with Crippen LogP contribution in [0.5, 0.6) is 0 Å². The summed E-state index contributed by atoms with van der Waals surface area (Å²) in [6, 6.07) is -0.523. The van der Waals surface area contributed by atoms with Crippen LogP contribution in [-0.2, 0) is 4.79 Å². The van der Waals surface area contributed by atoms with E-state index >= 15 is 0 Å². The van der Waals surface area contributed by atoms with Crippen LogP contribution >= 0.6 is 12.2 Å². The summed E-state index contributed by atoms with van der Waals surface area (Å²) >= 11 is 4.27. The molecule has 0 unspecified atom stereocenters. The van der Waals surface area contributed by atoms with Crippen LogP contribution in [-0.4, -0.2) is 17.1 Å². The van der Waals surface area contributed by atoms with E-state index in [0.29, 0.717) is 12.3 Å². The summed E-state index contributed by atoms with van der Waals surface area (Å²) in [5, 5.41) is 2.00. The largest absolute Gasteiger partial charge is 0.320 e. The average Bonchev–Trinajstić information content (AvgIpc) is 1.86. The smallest absolute Gasteiger partial charge is 0.271 e. The molecule has 1 atom stereocenters. The van der Waals surface area contributed by atoms with Crippen LogP contribution in [0.15, 0.2) is 4.99 Å². The first kappa shape index (κ1) is 10.4. The molecular formula is C7H12N2OS. The number of hydrogen-bond acceptors (Lipinski definition) is 3. The molecule has 11 heavy (non-hydrogen) atoms. The van der Waals surface area contributed by atoms with E-state index in [9.17, 15) is 4.79 Å². The lowest BCUT2D eigenvalue weighted by molar-refractivity contribution is -0.119. The number of amides is 1. The van der Waals surface area contributed by atoms with Gasteiger partial charge in [0.25, 0.3) is 5.91 Å². The Hall–Kier alpha value is -0.570. The van der Waals surface area contributed by atoms with Gasteiger partial charge in [-0.2, -0.15) is 4.99 Å². The van der Waals surface area contributed by atoms with E-state index in [1.807, 2.05) is 19.0 Å². The molecule has 0 spiro atoms. The van der Waals surface area contributed by atoms with Crippen molar-refractivity contribution in [3.63, 3.8) is 0 Å². The Kier molecular flexibility index (Phi) is 4.86. The fraction of sp³-hybridized carbons (Fsp3) is 0.714. The molecule has 0 aromatic heterocycles. The Morgan fingerprint density at radius 2 is 2.27 bits per heavy atom. The van der Waals surface area contributed by atoms with Gasteiger partial charge in [0.1, 0.15) is 0 Å². The van der Waals surface area contributed by atoms with Gasteiger partial charge >= 0.3 is 0 Å². The summed E-state index contributed by atoms with van der Waals surface area (Å²) in [6.45, 7) is 3.99. The minimum Gasteiger partial charge on any atom is -0.320 e. The van der Waals surface area contributed by atoms with Crippen molar-refractivity contribution in [2.24, 2.45) is 16.6 Å². The maximum atomic E-state index is 10.9. The molecule has 2 N–H and O–H groups in total. The minimum absolute atomic E-state index is 0.381. The van der Waals surface area contributed by atoms with Crippen molar-refractivity contribution >= 4 is 23.3 Å². The van der Waals surface area contributed by atoms with E-state index < -0.39 is 6.04 Å². The fourth-order valence-corrected chi connectivity index (χ4v) is 0.827. The number of nitrogens with two attached hydrogens (primary N) is 1. The summed E-state index contributed by atoms with van der Waals surface area (Å²) in [7, 11) is 0. The van der Waals surface area contributed by atoms with Gasteiger partial charge < -0.3 is 5.73 Å². The Morgan fingerprint density at radius 3 is 2.64 bits per heavy atom. The zero-order valence-electron chi connectivity index (χ0n) is 6.70. The van der Waals surface area contributed by atoms with Gasteiger partial charge in [-0.05, 0) is 24.6 Å². The van der Waals surface area contributed by atoms with Crippen molar-refractivity contribution in [3.05, 3.63) is 0 Å². The van der Waals surface area contributed by atoms with Crippen molar-refractivity contribution in [1.82, 2.24) is 0 Å². The van der Waals surface area contributed by atoms with Crippen LogP contribution in [0.1, 0.15) is 20.3 Å². The summed E-state index contributed by atoms with van der Waals surface area (Å²) in [6.07, 6.45) is 0.638. The number of carbonyl (C=O) groups is 1. The average molecular weight is 172 g/mol. The number of carbonyl (C=O) groups excluding carboxylic acids is 1. The highest BCUT2D eigenvalue weighted by Gasteiger charge is 2.12. The van der Waals surface area contributed by atoms with Gasteiger partial charge in [-0.1, -0.05) is 13.8 Å². The molecule has 0 aliphatic carbocycles. The second-order valence-corrected chi connectivity index (χ2v) is 2.96. The number of nitrogens with zero attached hydrogens (tertiary/aromatic N) is 1. The highest BCUT2D eigenvalue weighted by Crippen LogP contribution is 2.03. The molecule has 0 saturated carbocycles. The second kappa shape index (κ2) is 5.13. The summed E-state index contributed by atoms with van der Waals surface area (Å²) < 4.78 is 0. The van der Waals surface area contributed by atoms with Crippen molar-refractivity contribution < 1.29 is 4.79 Å². The van der Waals surface area contributed by atoms with E-state index in [1.165, 1.54) is 0 Å². The van der Waals surface area contributed by atoms with E-state index in [2.05, 4.69) is 17.2 Å². The monoisotopic (exact) mass is 172 g/mol. The van der Waals surface area contributed by atoms with E-state index in [1.54, 1.807) is 0 Å². The van der Waals surface area contributed by atoms with Gasteiger partial charge in [0.15, 0.2) is 0 Å². The second-order valence-electron chi connectivity index (χ2n) is 2.78. The molecule has 0 heterocycles. The minimum atomic E-state index is -0.523. The molecule has 62 valence electrons. The number of thiocarbonyl (C=S) groups is 1. The Morgan fingerprint density at radius 1 is 1.73 bits per heavy atom. The number of rotatable bonds is 3. The first-order valence-electron chi connectivity index (χ1n) is 3.45. The van der Waals surface area contributed by atoms with Crippen molar-refractivity contribution in [2.45, 2.75) is 26.3 Å². The van der Waals surface area contributed by atoms with Crippen LogP contribution in [0.4, 0.5) is 0 Å². The van der Waals surface area contributed by atoms with Crippen molar-refractivity contribution in [1.29, 1.82) is 0 Å². The summed E-state index contributed by atoms with van der Waals surface area (Å²) in [5.74, 6) is 0.0166. The Labute approximate surface area is 71.7 Å². The predicted molar refractivity (Wildman–Crippen MR) is 47.5 cm³/mol. The third-order valence-corrected chi connectivity index (χ3v) is 1.29. The zero-order valence-corrected chi connectivity index (χ0v) is 7.52. The zero-order chi connectivity index (χ0) is 8.85. The van der Waals surface area contributed by atoms with Gasteiger partial charge in [0.2, 0.25) is 0 Å². The van der Waals surface area contributed by atoms with Gasteiger partial charge in [0, 0.05) is 0 Å². The molecule has 0 fully saturated rings. The van der Waals surface area contributed by atoms with Crippen molar-refractivity contribution in [3.8, 4) is 0 Å². The van der Waals surface area contributed by atoms with E-state index in [4.69, 9.17) is 5.73 Å². The highest BCUT2D eigenvalue weighted by atomic mass is 32.1. The first-order valence-corrected chi connectivity index (χ1v) is 3.86. The lowest BCUT2D eigenvalue weighted by Crippen LogP contribution is -2.30. The molecular weight excluding hydrogens is 160 g/mol. The Balaban J connectivity index is 3.92. The SMILES string of the molecule is CC(C)C[C@H](N)C(=O)N=C=S.